The van der Waals surface area contributed by atoms with Gasteiger partial charge in [-0.3, -0.25) is 19.3 Å². The summed E-state index contributed by atoms with van der Waals surface area (Å²) in [7, 11) is 0. The second-order valence-electron chi connectivity index (χ2n) is 7.72. The second kappa shape index (κ2) is 6.79. The summed E-state index contributed by atoms with van der Waals surface area (Å²) < 4.78 is 0. The molecule has 1 N–H and O–H groups in total. The quantitative estimate of drug-likeness (QED) is 0.755. The maximum atomic E-state index is 12.8. The number of carbonyl (C=O) groups excluding carboxylic acids is 4. The number of benzene rings is 1. The van der Waals surface area contributed by atoms with Gasteiger partial charge in [-0.15, -0.1) is 0 Å². The average molecular weight is 369 g/mol. The highest BCUT2D eigenvalue weighted by Gasteiger charge is 2.61. The number of aliphatic carboxylic acids is 1. The summed E-state index contributed by atoms with van der Waals surface area (Å²) in [5.74, 6) is -1.25. The highest BCUT2D eigenvalue weighted by Crippen LogP contribution is 2.56. The molecular formula is C20H21N2O5-. The average Bonchev–Trinajstić information content (AvgIpc) is 3.30. The molecule has 1 heterocycles. The maximum Gasteiger partial charge on any atom is 0.237 e. The molecule has 3 fully saturated rings. The van der Waals surface area contributed by atoms with Crippen LogP contribution in [-0.2, 0) is 19.2 Å². The molecular weight excluding hydrogens is 348 g/mol. The van der Waals surface area contributed by atoms with Gasteiger partial charge in [0.2, 0.25) is 17.7 Å². The Bertz CT molecular complexity index is 775. The summed E-state index contributed by atoms with van der Waals surface area (Å²) in [6, 6.07) is 6.62. The van der Waals surface area contributed by atoms with Crippen LogP contribution in [0, 0.1) is 23.7 Å². The van der Waals surface area contributed by atoms with Crippen LogP contribution in [0.1, 0.15) is 38.5 Å². The van der Waals surface area contributed by atoms with E-state index in [2.05, 4.69) is 5.32 Å². The first-order valence-corrected chi connectivity index (χ1v) is 9.43. The normalized spacial score (nSPS) is 28.5. The van der Waals surface area contributed by atoms with E-state index in [9.17, 15) is 24.3 Å². The molecule has 1 aliphatic heterocycles. The Kier molecular flexibility index (Phi) is 4.45. The second-order valence-corrected chi connectivity index (χ2v) is 7.72. The minimum Gasteiger partial charge on any atom is -0.550 e. The summed E-state index contributed by atoms with van der Waals surface area (Å²) in [6.07, 6.45) is 3.24. The highest BCUT2D eigenvalue weighted by molar-refractivity contribution is 6.22. The van der Waals surface area contributed by atoms with Gasteiger partial charge in [0.1, 0.15) is 0 Å². The minimum atomic E-state index is -1.18. The van der Waals surface area contributed by atoms with Crippen LogP contribution < -0.4 is 15.3 Å². The largest absolute Gasteiger partial charge is 0.550 e. The number of carbonyl (C=O) groups is 4. The molecule has 1 aromatic carbocycles. The van der Waals surface area contributed by atoms with Gasteiger partial charge in [-0.25, -0.2) is 0 Å². The number of rotatable bonds is 6. The Morgan fingerprint density at radius 1 is 1.00 bits per heavy atom. The molecule has 0 aromatic heterocycles. The lowest BCUT2D eigenvalue weighted by Crippen LogP contribution is -2.32. The lowest BCUT2D eigenvalue weighted by molar-refractivity contribution is -0.305. The standard InChI is InChI=1S/C20H22N2O5/c23-15(2-1-3-16(24)25)21-13-6-8-14(9-7-13)22-19(26)17-11-4-5-12(10-11)18(17)20(22)27/h6-9,11-12,17-18H,1-5,10H2,(H,21,23)(H,24,25)/p-1/t11-,12-,17-,18+/m0/s1. The molecule has 2 aliphatic carbocycles. The van der Waals surface area contributed by atoms with Gasteiger partial charge in [0.15, 0.2) is 0 Å². The molecule has 2 saturated carbocycles. The van der Waals surface area contributed by atoms with Crippen molar-refractivity contribution in [1.82, 2.24) is 0 Å². The molecule has 0 unspecified atom stereocenters. The Labute approximate surface area is 156 Å². The number of hydrogen-bond acceptors (Lipinski definition) is 5. The van der Waals surface area contributed by atoms with Crippen molar-refractivity contribution in [3.8, 4) is 0 Å². The predicted octanol–water partition coefficient (Wildman–Crippen LogP) is 1.08. The highest BCUT2D eigenvalue weighted by atomic mass is 16.4. The summed E-state index contributed by atoms with van der Waals surface area (Å²) in [5.41, 5.74) is 1.07. The van der Waals surface area contributed by atoms with Crippen molar-refractivity contribution < 1.29 is 24.3 Å². The van der Waals surface area contributed by atoms with E-state index in [4.69, 9.17) is 0 Å². The van der Waals surface area contributed by atoms with E-state index in [-0.39, 0.29) is 48.8 Å². The number of nitrogens with one attached hydrogen (secondary N) is 1. The van der Waals surface area contributed by atoms with Crippen LogP contribution in [0.15, 0.2) is 24.3 Å². The zero-order valence-corrected chi connectivity index (χ0v) is 14.8. The van der Waals surface area contributed by atoms with Gasteiger partial charge in [-0.05, 0) is 68.2 Å². The fourth-order valence-electron chi connectivity index (χ4n) is 4.97. The number of imide groups is 1. The summed E-state index contributed by atoms with van der Waals surface area (Å²) >= 11 is 0. The third-order valence-electron chi connectivity index (χ3n) is 6.12. The number of amides is 3. The lowest BCUT2D eigenvalue weighted by atomic mass is 9.81. The maximum absolute atomic E-state index is 12.8. The van der Waals surface area contributed by atoms with Crippen LogP contribution >= 0.6 is 0 Å². The van der Waals surface area contributed by atoms with Crippen molar-refractivity contribution >= 4 is 35.1 Å². The molecule has 0 spiro atoms. The Hall–Kier alpha value is -2.70. The first-order valence-electron chi connectivity index (χ1n) is 9.43. The summed E-state index contributed by atoms with van der Waals surface area (Å²) in [5, 5.41) is 13.0. The zero-order chi connectivity index (χ0) is 19.1. The van der Waals surface area contributed by atoms with Crippen LogP contribution in [0.4, 0.5) is 11.4 Å². The molecule has 1 aromatic rings. The van der Waals surface area contributed by atoms with Crippen molar-refractivity contribution in [1.29, 1.82) is 0 Å². The lowest BCUT2D eigenvalue weighted by Gasteiger charge is -2.19. The fraction of sp³-hybridized carbons (Fsp3) is 0.500. The van der Waals surface area contributed by atoms with Crippen LogP contribution in [0.5, 0.6) is 0 Å². The molecule has 3 amide bonds. The Morgan fingerprint density at radius 2 is 1.59 bits per heavy atom. The monoisotopic (exact) mass is 369 g/mol. The SMILES string of the molecule is O=C([O-])CCCC(=O)Nc1ccc(N2C(=O)[C@@H]3[C@H]4CC[C@@H](C4)[C@@H]3C2=O)cc1. The van der Waals surface area contributed by atoms with Gasteiger partial charge in [0, 0.05) is 18.1 Å². The van der Waals surface area contributed by atoms with Crippen molar-refractivity contribution in [3.05, 3.63) is 24.3 Å². The first-order chi connectivity index (χ1) is 13.0. The van der Waals surface area contributed by atoms with Crippen molar-refractivity contribution in [2.24, 2.45) is 23.7 Å². The number of anilines is 2. The third kappa shape index (κ3) is 3.11. The third-order valence-corrected chi connectivity index (χ3v) is 6.12. The molecule has 0 radical (unpaired) electrons. The molecule has 3 aliphatic rings. The fourth-order valence-corrected chi connectivity index (χ4v) is 4.97. The number of carboxylic acid groups (broad SMARTS) is 1. The number of hydrogen-bond donors (Lipinski definition) is 1. The zero-order valence-electron chi connectivity index (χ0n) is 14.8. The van der Waals surface area contributed by atoms with Gasteiger partial charge in [-0.1, -0.05) is 0 Å². The molecule has 1 saturated heterocycles. The van der Waals surface area contributed by atoms with E-state index in [1.54, 1.807) is 24.3 Å². The minimum absolute atomic E-state index is 0.0868. The predicted molar refractivity (Wildman–Crippen MR) is 94.2 cm³/mol. The van der Waals surface area contributed by atoms with Gasteiger partial charge in [-0.2, -0.15) is 0 Å². The van der Waals surface area contributed by atoms with Crippen molar-refractivity contribution in [2.45, 2.75) is 38.5 Å². The van der Waals surface area contributed by atoms with Crippen molar-refractivity contribution in [2.75, 3.05) is 10.2 Å². The number of fused-ring (bicyclic) bond motifs is 5. The van der Waals surface area contributed by atoms with E-state index in [1.165, 1.54) is 4.90 Å². The number of nitrogens with zero attached hydrogens (tertiary/aromatic N) is 1. The molecule has 4 rings (SSSR count). The van der Waals surface area contributed by atoms with Crippen LogP contribution in [0.3, 0.4) is 0 Å². The van der Waals surface area contributed by atoms with Crippen LogP contribution in [0.25, 0.3) is 0 Å². The van der Waals surface area contributed by atoms with E-state index in [0.717, 1.165) is 19.3 Å². The molecule has 142 valence electrons. The topological polar surface area (TPSA) is 107 Å². The van der Waals surface area contributed by atoms with E-state index in [1.807, 2.05) is 0 Å². The smallest absolute Gasteiger partial charge is 0.237 e. The molecule has 7 heteroatoms. The molecule has 4 atom stereocenters. The van der Waals surface area contributed by atoms with Gasteiger partial charge in [0.25, 0.3) is 0 Å². The Balaban J connectivity index is 1.41. The number of carboxylic acids is 1. The van der Waals surface area contributed by atoms with E-state index >= 15 is 0 Å². The van der Waals surface area contributed by atoms with E-state index < -0.39 is 5.97 Å². The van der Waals surface area contributed by atoms with Gasteiger partial charge >= 0.3 is 0 Å². The van der Waals surface area contributed by atoms with Crippen LogP contribution in [0.2, 0.25) is 0 Å². The Morgan fingerprint density at radius 3 is 2.15 bits per heavy atom. The van der Waals surface area contributed by atoms with Crippen LogP contribution in [-0.4, -0.2) is 23.7 Å². The van der Waals surface area contributed by atoms with Gasteiger partial charge in [0.05, 0.1) is 17.5 Å². The van der Waals surface area contributed by atoms with Crippen molar-refractivity contribution in [3.63, 3.8) is 0 Å². The van der Waals surface area contributed by atoms with Gasteiger partial charge < -0.3 is 15.2 Å². The summed E-state index contributed by atoms with van der Waals surface area (Å²) in [6.45, 7) is 0. The molecule has 2 bridgehead atoms. The molecule has 7 nitrogen and oxygen atoms in total. The summed E-state index contributed by atoms with van der Waals surface area (Å²) in [4.78, 5) is 49.1. The first kappa shape index (κ1) is 17.7. The van der Waals surface area contributed by atoms with E-state index in [0.29, 0.717) is 23.2 Å². The molecule has 27 heavy (non-hydrogen) atoms.